The van der Waals surface area contributed by atoms with Crippen LogP contribution < -0.4 is 5.73 Å². The van der Waals surface area contributed by atoms with Crippen LogP contribution in [0.1, 0.15) is 26.7 Å². The molecule has 4 nitrogen and oxygen atoms in total. The van der Waals surface area contributed by atoms with E-state index in [1.807, 2.05) is 6.92 Å². The summed E-state index contributed by atoms with van der Waals surface area (Å²) in [6.45, 7) is 7.24. The van der Waals surface area contributed by atoms with Crippen molar-refractivity contribution in [2.24, 2.45) is 5.73 Å². The number of carbonyl (C=O) groups is 1. The number of nitrogens with zero attached hydrogens (tertiary/aromatic N) is 1. The van der Waals surface area contributed by atoms with Crippen LogP contribution in [0.4, 0.5) is 0 Å². The van der Waals surface area contributed by atoms with Crippen molar-refractivity contribution in [1.82, 2.24) is 4.90 Å². The molecule has 84 valence electrons. The summed E-state index contributed by atoms with van der Waals surface area (Å²) in [6, 6.07) is 0. The number of hydrogen-bond donors (Lipinski definition) is 1. The molecule has 0 unspecified atom stereocenters. The first-order valence-electron chi connectivity index (χ1n) is 5.32. The van der Waals surface area contributed by atoms with Crippen LogP contribution in [-0.4, -0.2) is 43.7 Å². The molecule has 0 aromatic rings. The number of esters is 1. The lowest BCUT2D eigenvalue weighted by molar-refractivity contribution is -0.144. The van der Waals surface area contributed by atoms with E-state index in [1.54, 1.807) is 0 Å². The molecule has 0 amide bonds. The molecule has 0 aliphatic carbocycles. The Bertz CT molecular complexity index is 151. The lowest BCUT2D eigenvalue weighted by atomic mass is 10.3. The summed E-state index contributed by atoms with van der Waals surface area (Å²) in [4.78, 5) is 13.3. The van der Waals surface area contributed by atoms with E-state index in [0.717, 1.165) is 25.9 Å². The molecule has 2 N–H and O–H groups in total. The Morgan fingerprint density at radius 3 is 2.57 bits per heavy atom. The maximum absolute atomic E-state index is 11.2. The standard InChI is InChI=1S/C10H22N2O2/c1-3-7-12(8-5-6-11)9-10(13)14-4-2/h3-9,11H2,1-2H3. The Kier molecular flexibility index (Phi) is 8.57. The summed E-state index contributed by atoms with van der Waals surface area (Å²) in [5, 5.41) is 0. The van der Waals surface area contributed by atoms with Crippen molar-refractivity contribution < 1.29 is 9.53 Å². The normalized spacial score (nSPS) is 10.6. The molecule has 0 aromatic carbocycles. The zero-order chi connectivity index (χ0) is 10.8. The molecule has 0 saturated heterocycles. The van der Waals surface area contributed by atoms with Crippen LogP contribution in [0.2, 0.25) is 0 Å². The molecule has 0 spiro atoms. The van der Waals surface area contributed by atoms with E-state index in [0.29, 0.717) is 19.7 Å². The average molecular weight is 202 g/mol. The van der Waals surface area contributed by atoms with E-state index >= 15 is 0 Å². The second kappa shape index (κ2) is 8.97. The molecule has 0 rings (SSSR count). The average Bonchev–Trinajstić information content (AvgIpc) is 2.15. The van der Waals surface area contributed by atoms with Gasteiger partial charge < -0.3 is 10.5 Å². The molecule has 0 radical (unpaired) electrons. The molecular formula is C10H22N2O2. The Hall–Kier alpha value is -0.610. The van der Waals surface area contributed by atoms with Crippen LogP contribution in [0.15, 0.2) is 0 Å². The summed E-state index contributed by atoms with van der Waals surface area (Å²) < 4.78 is 4.89. The number of carbonyl (C=O) groups excluding carboxylic acids is 1. The largest absolute Gasteiger partial charge is 0.465 e. The van der Waals surface area contributed by atoms with Crippen LogP contribution in [0.25, 0.3) is 0 Å². The van der Waals surface area contributed by atoms with Crippen LogP contribution in [0.5, 0.6) is 0 Å². The van der Waals surface area contributed by atoms with E-state index in [9.17, 15) is 4.79 Å². The molecule has 4 heteroatoms. The van der Waals surface area contributed by atoms with E-state index in [-0.39, 0.29) is 5.97 Å². The van der Waals surface area contributed by atoms with Gasteiger partial charge in [-0.05, 0) is 39.4 Å². The van der Waals surface area contributed by atoms with Gasteiger partial charge in [-0.1, -0.05) is 6.92 Å². The van der Waals surface area contributed by atoms with Crippen molar-refractivity contribution in [3.05, 3.63) is 0 Å². The minimum Gasteiger partial charge on any atom is -0.465 e. The first-order chi connectivity index (χ1) is 6.74. The Labute approximate surface area is 86.4 Å². The topological polar surface area (TPSA) is 55.6 Å². The van der Waals surface area contributed by atoms with E-state index in [2.05, 4.69) is 11.8 Å². The third kappa shape index (κ3) is 6.86. The SMILES string of the molecule is CCCN(CCCN)CC(=O)OCC. The van der Waals surface area contributed by atoms with Gasteiger partial charge in [-0.15, -0.1) is 0 Å². The molecule has 0 fully saturated rings. The van der Waals surface area contributed by atoms with Gasteiger partial charge in [-0.25, -0.2) is 0 Å². The number of ether oxygens (including phenoxy) is 1. The predicted molar refractivity (Wildman–Crippen MR) is 57.0 cm³/mol. The maximum atomic E-state index is 11.2. The van der Waals surface area contributed by atoms with Gasteiger partial charge in [0, 0.05) is 0 Å². The number of nitrogens with two attached hydrogens (primary N) is 1. The second-order valence-corrected chi connectivity index (χ2v) is 3.22. The fourth-order valence-electron chi connectivity index (χ4n) is 1.29. The van der Waals surface area contributed by atoms with Gasteiger partial charge in [0.25, 0.3) is 0 Å². The van der Waals surface area contributed by atoms with Crippen molar-refractivity contribution in [2.75, 3.05) is 32.8 Å². The zero-order valence-electron chi connectivity index (χ0n) is 9.29. The third-order valence-corrected chi connectivity index (χ3v) is 1.88. The van der Waals surface area contributed by atoms with Gasteiger partial charge in [-0.3, -0.25) is 9.69 Å². The molecule has 0 bridgehead atoms. The minimum absolute atomic E-state index is 0.141. The first-order valence-corrected chi connectivity index (χ1v) is 5.32. The number of rotatable bonds is 8. The molecular weight excluding hydrogens is 180 g/mol. The molecule has 0 atom stereocenters. The van der Waals surface area contributed by atoms with Crippen molar-refractivity contribution in [1.29, 1.82) is 0 Å². The summed E-state index contributed by atoms with van der Waals surface area (Å²) in [5.74, 6) is -0.141. The van der Waals surface area contributed by atoms with Gasteiger partial charge in [-0.2, -0.15) is 0 Å². The molecule has 0 aliphatic heterocycles. The van der Waals surface area contributed by atoms with Crippen LogP contribution in [0.3, 0.4) is 0 Å². The van der Waals surface area contributed by atoms with Gasteiger partial charge in [0.1, 0.15) is 0 Å². The van der Waals surface area contributed by atoms with Crippen molar-refractivity contribution in [2.45, 2.75) is 26.7 Å². The van der Waals surface area contributed by atoms with Gasteiger partial charge in [0.05, 0.1) is 13.2 Å². The minimum atomic E-state index is -0.141. The first kappa shape index (κ1) is 13.4. The highest BCUT2D eigenvalue weighted by atomic mass is 16.5. The zero-order valence-corrected chi connectivity index (χ0v) is 9.29. The second-order valence-electron chi connectivity index (χ2n) is 3.22. The third-order valence-electron chi connectivity index (χ3n) is 1.88. The van der Waals surface area contributed by atoms with Gasteiger partial charge >= 0.3 is 5.97 Å². The van der Waals surface area contributed by atoms with Gasteiger partial charge in [0.2, 0.25) is 0 Å². The van der Waals surface area contributed by atoms with Crippen LogP contribution >= 0.6 is 0 Å². The summed E-state index contributed by atoms with van der Waals surface area (Å²) in [7, 11) is 0. The molecule has 0 heterocycles. The fraction of sp³-hybridized carbons (Fsp3) is 0.900. The molecule has 0 saturated carbocycles. The van der Waals surface area contributed by atoms with Crippen LogP contribution in [0, 0.1) is 0 Å². The molecule has 0 aliphatic rings. The van der Waals surface area contributed by atoms with E-state index in [1.165, 1.54) is 0 Å². The fourth-order valence-corrected chi connectivity index (χ4v) is 1.29. The summed E-state index contributed by atoms with van der Waals surface area (Å²) in [6.07, 6.45) is 1.98. The Morgan fingerprint density at radius 1 is 1.36 bits per heavy atom. The van der Waals surface area contributed by atoms with E-state index in [4.69, 9.17) is 10.5 Å². The van der Waals surface area contributed by atoms with Crippen molar-refractivity contribution in [3.63, 3.8) is 0 Å². The maximum Gasteiger partial charge on any atom is 0.320 e. The summed E-state index contributed by atoms with van der Waals surface area (Å²) >= 11 is 0. The summed E-state index contributed by atoms with van der Waals surface area (Å²) in [5.41, 5.74) is 5.42. The lowest BCUT2D eigenvalue weighted by Crippen LogP contribution is -2.33. The van der Waals surface area contributed by atoms with Crippen molar-refractivity contribution >= 4 is 5.97 Å². The van der Waals surface area contributed by atoms with E-state index < -0.39 is 0 Å². The van der Waals surface area contributed by atoms with Crippen LogP contribution in [-0.2, 0) is 9.53 Å². The lowest BCUT2D eigenvalue weighted by Gasteiger charge is -2.19. The molecule has 14 heavy (non-hydrogen) atoms. The highest BCUT2D eigenvalue weighted by Crippen LogP contribution is 1.94. The highest BCUT2D eigenvalue weighted by molar-refractivity contribution is 5.71. The smallest absolute Gasteiger partial charge is 0.320 e. The van der Waals surface area contributed by atoms with Gasteiger partial charge in [0.15, 0.2) is 0 Å². The quantitative estimate of drug-likeness (QED) is 0.586. The molecule has 0 aromatic heterocycles. The van der Waals surface area contributed by atoms with Crippen molar-refractivity contribution in [3.8, 4) is 0 Å². The Morgan fingerprint density at radius 2 is 2.07 bits per heavy atom. The number of hydrogen-bond acceptors (Lipinski definition) is 4. The monoisotopic (exact) mass is 202 g/mol. The Balaban J connectivity index is 3.75. The predicted octanol–water partition coefficient (Wildman–Crippen LogP) is 0.610. The highest BCUT2D eigenvalue weighted by Gasteiger charge is 2.09.